The van der Waals surface area contributed by atoms with Crippen molar-refractivity contribution in [3.8, 4) is 0 Å². The summed E-state index contributed by atoms with van der Waals surface area (Å²) in [4.78, 5) is 0. The summed E-state index contributed by atoms with van der Waals surface area (Å²) in [6.45, 7) is 9.23. The predicted octanol–water partition coefficient (Wildman–Crippen LogP) is 4.19. The van der Waals surface area contributed by atoms with Crippen LogP contribution in [-0.4, -0.2) is 3.42 Å². The molecule has 2 heteroatoms. The van der Waals surface area contributed by atoms with Gasteiger partial charge in [0.1, 0.15) is 0 Å². The second kappa shape index (κ2) is 6.23. The first-order chi connectivity index (χ1) is 4.60. The van der Waals surface area contributed by atoms with Gasteiger partial charge in [-0.25, -0.2) is 0 Å². The van der Waals surface area contributed by atoms with Crippen LogP contribution in [0.25, 0.3) is 0 Å². The van der Waals surface area contributed by atoms with Gasteiger partial charge in [0, 0.05) is 3.42 Å². The molecule has 0 fully saturated rings. The maximum absolute atomic E-state index is 2.63. The molecule has 0 aliphatic heterocycles. The largest absolute Gasteiger partial charge is 0.344 e. The summed E-state index contributed by atoms with van der Waals surface area (Å²) in [6, 6.07) is 0. The van der Waals surface area contributed by atoms with Crippen LogP contribution in [-0.2, 0) is 0 Å². The molecular formula is C9H22IN. The fourth-order valence-electron chi connectivity index (χ4n) is 1.31. The van der Waals surface area contributed by atoms with E-state index in [1.165, 1.54) is 19.3 Å². The fraction of sp³-hybridized carbons (Fsp3) is 1.00. The molecular weight excluding hydrogens is 249 g/mol. The van der Waals surface area contributed by atoms with Gasteiger partial charge in [0.15, 0.2) is 0 Å². The van der Waals surface area contributed by atoms with Gasteiger partial charge < -0.3 is 6.15 Å². The molecule has 1 nitrogen and oxygen atoms in total. The molecule has 1 atom stereocenters. The second-order valence-corrected chi connectivity index (χ2v) is 5.20. The Bertz CT molecular complexity index is 89.6. The second-order valence-electron chi connectivity index (χ2n) is 3.05. The lowest BCUT2D eigenvalue weighted by atomic mass is 9.87. The molecule has 0 amide bonds. The standard InChI is InChI=1S/C9H19I.H3N/c1-5-8(4)9(10,6-2)7-3;/h8H,5-7H2,1-4H3;1H3. The summed E-state index contributed by atoms with van der Waals surface area (Å²) in [5, 5.41) is 0. The van der Waals surface area contributed by atoms with Crippen molar-refractivity contribution < 1.29 is 0 Å². The Morgan fingerprint density at radius 3 is 1.64 bits per heavy atom. The summed E-state index contributed by atoms with van der Waals surface area (Å²) in [5.41, 5.74) is 0. The van der Waals surface area contributed by atoms with E-state index in [2.05, 4.69) is 50.3 Å². The molecule has 0 saturated carbocycles. The summed E-state index contributed by atoms with van der Waals surface area (Å²) >= 11 is 2.63. The number of alkyl halides is 1. The third kappa shape index (κ3) is 3.74. The van der Waals surface area contributed by atoms with Crippen molar-refractivity contribution in [2.45, 2.75) is 50.4 Å². The molecule has 0 heterocycles. The number of hydrogen-bond donors (Lipinski definition) is 1. The van der Waals surface area contributed by atoms with Crippen LogP contribution >= 0.6 is 22.6 Å². The molecule has 0 aromatic rings. The van der Waals surface area contributed by atoms with Gasteiger partial charge in [0.05, 0.1) is 0 Å². The first-order valence-electron chi connectivity index (χ1n) is 4.29. The Hall–Kier alpha value is 0.690. The highest BCUT2D eigenvalue weighted by molar-refractivity contribution is 14.1. The summed E-state index contributed by atoms with van der Waals surface area (Å²) in [5.74, 6) is 0.864. The van der Waals surface area contributed by atoms with E-state index in [-0.39, 0.29) is 6.15 Å². The normalized spacial score (nSPS) is 13.9. The van der Waals surface area contributed by atoms with Crippen LogP contribution in [0.4, 0.5) is 0 Å². The van der Waals surface area contributed by atoms with Gasteiger partial charge in [-0.3, -0.25) is 0 Å². The Labute approximate surface area is 85.1 Å². The Morgan fingerprint density at radius 2 is 1.55 bits per heavy atom. The molecule has 0 aliphatic rings. The SMILES string of the molecule is CCC(C)C(I)(CC)CC.N. The van der Waals surface area contributed by atoms with Gasteiger partial charge in [-0.1, -0.05) is 56.7 Å². The van der Waals surface area contributed by atoms with E-state index < -0.39 is 0 Å². The van der Waals surface area contributed by atoms with E-state index in [0.717, 1.165) is 5.92 Å². The van der Waals surface area contributed by atoms with Crippen LogP contribution in [0.3, 0.4) is 0 Å². The molecule has 0 aromatic carbocycles. The van der Waals surface area contributed by atoms with Crippen molar-refractivity contribution in [1.82, 2.24) is 6.15 Å². The van der Waals surface area contributed by atoms with Crippen molar-refractivity contribution >= 4 is 22.6 Å². The molecule has 0 radical (unpaired) electrons. The zero-order valence-electron chi connectivity index (χ0n) is 8.28. The maximum Gasteiger partial charge on any atom is 0.0242 e. The minimum absolute atomic E-state index is 0. The van der Waals surface area contributed by atoms with Crippen molar-refractivity contribution in [2.75, 3.05) is 0 Å². The summed E-state index contributed by atoms with van der Waals surface area (Å²) in [7, 11) is 0. The smallest absolute Gasteiger partial charge is 0.0242 e. The molecule has 3 N–H and O–H groups in total. The molecule has 0 spiro atoms. The number of rotatable bonds is 4. The van der Waals surface area contributed by atoms with Gasteiger partial charge in [-0.05, 0) is 18.8 Å². The van der Waals surface area contributed by atoms with E-state index >= 15 is 0 Å². The van der Waals surface area contributed by atoms with Crippen LogP contribution < -0.4 is 6.15 Å². The van der Waals surface area contributed by atoms with E-state index in [4.69, 9.17) is 0 Å². The first-order valence-corrected chi connectivity index (χ1v) is 5.37. The Morgan fingerprint density at radius 1 is 1.18 bits per heavy atom. The maximum atomic E-state index is 2.63. The van der Waals surface area contributed by atoms with Crippen LogP contribution in [0.5, 0.6) is 0 Å². The zero-order valence-corrected chi connectivity index (χ0v) is 10.4. The molecule has 0 aliphatic carbocycles. The molecule has 0 saturated heterocycles. The topological polar surface area (TPSA) is 35.0 Å². The lowest BCUT2D eigenvalue weighted by Gasteiger charge is -2.31. The number of halogens is 1. The Kier molecular flexibility index (Phi) is 8.06. The van der Waals surface area contributed by atoms with E-state index in [1.807, 2.05) is 0 Å². The van der Waals surface area contributed by atoms with Gasteiger partial charge in [0.25, 0.3) is 0 Å². The van der Waals surface area contributed by atoms with E-state index in [1.54, 1.807) is 0 Å². The number of hydrogen-bond acceptors (Lipinski definition) is 1. The van der Waals surface area contributed by atoms with Crippen molar-refractivity contribution in [3.63, 3.8) is 0 Å². The molecule has 0 bridgehead atoms. The predicted molar refractivity (Wildman–Crippen MR) is 61.8 cm³/mol. The van der Waals surface area contributed by atoms with Crippen molar-refractivity contribution in [1.29, 1.82) is 0 Å². The third-order valence-corrected chi connectivity index (χ3v) is 5.26. The first kappa shape index (κ1) is 14.2. The van der Waals surface area contributed by atoms with Gasteiger partial charge in [0.2, 0.25) is 0 Å². The fourth-order valence-corrected chi connectivity index (χ4v) is 1.75. The van der Waals surface area contributed by atoms with Crippen LogP contribution in [0, 0.1) is 5.92 Å². The third-order valence-electron chi connectivity index (χ3n) is 2.67. The van der Waals surface area contributed by atoms with E-state index in [9.17, 15) is 0 Å². The highest BCUT2D eigenvalue weighted by Crippen LogP contribution is 2.36. The molecule has 0 rings (SSSR count). The molecule has 11 heavy (non-hydrogen) atoms. The van der Waals surface area contributed by atoms with E-state index in [0.29, 0.717) is 3.42 Å². The highest BCUT2D eigenvalue weighted by atomic mass is 127. The Balaban J connectivity index is 0. The highest BCUT2D eigenvalue weighted by Gasteiger charge is 2.27. The van der Waals surface area contributed by atoms with Crippen LogP contribution in [0.2, 0.25) is 0 Å². The lowest BCUT2D eigenvalue weighted by molar-refractivity contribution is 0.393. The minimum atomic E-state index is 0. The van der Waals surface area contributed by atoms with Crippen molar-refractivity contribution in [2.24, 2.45) is 5.92 Å². The van der Waals surface area contributed by atoms with Crippen LogP contribution in [0.15, 0.2) is 0 Å². The quantitative estimate of drug-likeness (QED) is 0.604. The van der Waals surface area contributed by atoms with Gasteiger partial charge in [-0.2, -0.15) is 0 Å². The lowest BCUT2D eigenvalue weighted by Crippen LogP contribution is -2.26. The monoisotopic (exact) mass is 271 g/mol. The molecule has 1 unspecified atom stereocenters. The van der Waals surface area contributed by atoms with Crippen LogP contribution in [0.1, 0.15) is 47.0 Å². The molecule has 0 aromatic heterocycles. The minimum Gasteiger partial charge on any atom is -0.344 e. The summed E-state index contributed by atoms with van der Waals surface area (Å²) in [6.07, 6.45) is 3.92. The average Bonchev–Trinajstić information content (AvgIpc) is 2.01. The average molecular weight is 271 g/mol. The van der Waals surface area contributed by atoms with Gasteiger partial charge in [-0.15, -0.1) is 0 Å². The van der Waals surface area contributed by atoms with Crippen molar-refractivity contribution in [3.05, 3.63) is 0 Å². The summed E-state index contributed by atoms with van der Waals surface area (Å²) < 4.78 is 0.562. The molecule has 70 valence electrons. The zero-order chi connectivity index (χ0) is 8.20. The van der Waals surface area contributed by atoms with Gasteiger partial charge >= 0.3 is 0 Å².